The second-order valence-electron chi connectivity index (χ2n) is 9.84. The first-order valence-electron chi connectivity index (χ1n) is 13.1. The molecule has 0 atom stereocenters. The van der Waals surface area contributed by atoms with Crippen LogP contribution in [-0.2, 0) is 0 Å². The van der Waals surface area contributed by atoms with Crippen LogP contribution in [-0.4, -0.2) is 9.97 Å². The fraction of sp³-hybridized carbons (Fsp3) is 0. The Labute approximate surface area is 229 Å². The molecule has 8 rings (SSSR count). The van der Waals surface area contributed by atoms with Gasteiger partial charge in [0.25, 0.3) is 0 Å². The van der Waals surface area contributed by atoms with Crippen molar-refractivity contribution >= 4 is 53.3 Å². The zero-order valence-corrected chi connectivity index (χ0v) is 21.8. The highest BCUT2D eigenvalue weighted by molar-refractivity contribution is 7.26. The van der Waals surface area contributed by atoms with Gasteiger partial charge in [-0.15, -0.1) is 11.3 Å². The molecule has 0 aliphatic carbocycles. The monoisotopic (exact) mass is 514 g/mol. The second-order valence-corrected chi connectivity index (χ2v) is 10.9. The Kier molecular flexibility index (Phi) is 5.04. The average molecular weight is 515 g/mol. The highest BCUT2D eigenvalue weighted by Gasteiger charge is 2.13. The summed E-state index contributed by atoms with van der Waals surface area (Å²) in [6.45, 7) is 0. The molecule has 0 aliphatic heterocycles. The number of hydrogen-bond acceptors (Lipinski definition) is 3. The summed E-state index contributed by atoms with van der Waals surface area (Å²) in [6.07, 6.45) is 3.75. The van der Waals surface area contributed by atoms with Gasteiger partial charge in [-0.25, -0.2) is 0 Å². The Balaban J connectivity index is 1.27. The average Bonchev–Trinajstić information content (AvgIpc) is 3.40. The van der Waals surface area contributed by atoms with E-state index in [-0.39, 0.29) is 0 Å². The van der Waals surface area contributed by atoms with Crippen molar-refractivity contribution in [2.45, 2.75) is 0 Å². The van der Waals surface area contributed by atoms with Gasteiger partial charge in [0.2, 0.25) is 0 Å². The van der Waals surface area contributed by atoms with Gasteiger partial charge in [0.1, 0.15) is 0 Å². The number of nitrogens with zero attached hydrogens (tertiary/aromatic N) is 2. The first-order chi connectivity index (χ1) is 19.3. The van der Waals surface area contributed by atoms with Crippen molar-refractivity contribution in [3.8, 4) is 33.4 Å². The van der Waals surface area contributed by atoms with Gasteiger partial charge >= 0.3 is 0 Å². The second kappa shape index (κ2) is 8.87. The van der Waals surface area contributed by atoms with Crippen LogP contribution in [0.2, 0.25) is 0 Å². The smallest absolute Gasteiger partial charge is 0.0802 e. The van der Waals surface area contributed by atoms with E-state index in [1.165, 1.54) is 42.4 Å². The molecule has 8 aromatic rings. The van der Waals surface area contributed by atoms with Crippen molar-refractivity contribution in [3.05, 3.63) is 134 Å². The topological polar surface area (TPSA) is 25.8 Å². The Morgan fingerprint density at radius 2 is 1.23 bits per heavy atom. The molecule has 39 heavy (non-hydrogen) atoms. The number of benzene rings is 5. The molecule has 0 N–H and O–H groups in total. The lowest BCUT2D eigenvalue weighted by atomic mass is 9.94. The number of fused-ring (bicyclic) bond motifs is 6. The van der Waals surface area contributed by atoms with Gasteiger partial charge in [0, 0.05) is 43.3 Å². The fourth-order valence-corrected chi connectivity index (χ4v) is 6.97. The van der Waals surface area contributed by atoms with E-state index in [9.17, 15) is 0 Å². The molecule has 0 fully saturated rings. The molecule has 0 amide bonds. The summed E-state index contributed by atoms with van der Waals surface area (Å²) in [5.74, 6) is 0. The van der Waals surface area contributed by atoms with Crippen molar-refractivity contribution in [3.63, 3.8) is 0 Å². The Morgan fingerprint density at radius 1 is 0.487 bits per heavy atom. The minimum atomic E-state index is 0.961. The summed E-state index contributed by atoms with van der Waals surface area (Å²) in [7, 11) is 0. The van der Waals surface area contributed by atoms with Gasteiger partial charge in [-0.3, -0.25) is 9.97 Å². The third-order valence-corrected chi connectivity index (χ3v) is 8.78. The van der Waals surface area contributed by atoms with Crippen LogP contribution in [0.15, 0.2) is 134 Å². The van der Waals surface area contributed by atoms with Crippen LogP contribution in [0.25, 0.3) is 75.4 Å². The summed E-state index contributed by atoms with van der Waals surface area (Å²) < 4.78 is 2.67. The Bertz CT molecular complexity index is 2190. The van der Waals surface area contributed by atoms with Crippen molar-refractivity contribution in [2.24, 2.45) is 0 Å². The standard InChI is InChI=1S/C36H22N2S/c1-2-15-33-30(12-1)31-14-5-13-29(36(31)39-33)27-10-4-8-25(22-27)24-7-3-9-26(21-24)28-18-20-37-32-17-16-23-11-6-19-38-35(23)34(28)32/h1-22H. The molecule has 0 spiro atoms. The van der Waals surface area contributed by atoms with E-state index in [0.29, 0.717) is 0 Å². The number of rotatable bonds is 3. The summed E-state index contributed by atoms with van der Waals surface area (Å²) in [4.78, 5) is 9.37. The summed E-state index contributed by atoms with van der Waals surface area (Å²) >= 11 is 1.87. The zero-order chi connectivity index (χ0) is 25.8. The van der Waals surface area contributed by atoms with Gasteiger partial charge in [0.05, 0.1) is 11.0 Å². The van der Waals surface area contributed by atoms with E-state index < -0.39 is 0 Å². The number of aromatic nitrogens is 2. The Hall–Kier alpha value is -4.86. The molecule has 3 heteroatoms. The molecular formula is C36H22N2S. The largest absolute Gasteiger partial charge is 0.256 e. The van der Waals surface area contributed by atoms with Crippen LogP contribution >= 0.6 is 11.3 Å². The molecule has 3 aromatic heterocycles. The first-order valence-corrected chi connectivity index (χ1v) is 13.9. The van der Waals surface area contributed by atoms with Crippen LogP contribution in [0.5, 0.6) is 0 Å². The van der Waals surface area contributed by atoms with Gasteiger partial charge in [-0.2, -0.15) is 0 Å². The van der Waals surface area contributed by atoms with Gasteiger partial charge in [-0.05, 0) is 69.8 Å². The molecule has 0 bridgehead atoms. The molecule has 0 unspecified atom stereocenters. The minimum Gasteiger partial charge on any atom is -0.256 e. The van der Waals surface area contributed by atoms with Crippen molar-refractivity contribution < 1.29 is 0 Å². The van der Waals surface area contributed by atoms with Gasteiger partial charge in [-0.1, -0.05) is 84.9 Å². The van der Waals surface area contributed by atoms with Gasteiger partial charge in [0.15, 0.2) is 0 Å². The van der Waals surface area contributed by atoms with E-state index in [2.05, 4.69) is 120 Å². The summed E-state index contributed by atoms with van der Waals surface area (Å²) in [5.41, 5.74) is 9.17. The summed E-state index contributed by atoms with van der Waals surface area (Å²) in [5, 5.41) is 4.87. The van der Waals surface area contributed by atoms with E-state index in [4.69, 9.17) is 4.98 Å². The van der Waals surface area contributed by atoms with E-state index in [0.717, 1.165) is 32.9 Å². The predicted molar refractivity (Wildman–Crippen MR) is 166 cm³/mol. The molecule has 0 saturated heterocycles. The summed E-state index contributed by atoms with van der Waals surface area (Å²) in [6, 6.07) is 43.5. The molecule has 2 nitrogen and oxygen atoms in total. The van der Waals surface area contributed by atoms with Crippen LogP contribution in [0.3, 0.4) is 0 Å². The predicted octanol–water partition coefficient (Wildman–Crippen LogP) is 10.2. The van der Waals surface area contributed by atoms with E-state index in [1.807, 2.05) is 29.8 Å². The molecule has 182 valence electrons. The lowest BCUT2D eigenvalue weighted by molar-refractivity contribution is 1.39. The van der Waals surface area contributed by atoms with Crippen LogP contribution in [0.1, 0.15) is 0 Å². The van der Waals surface area contributed by atoms with Gasteiger partial charge < -0.3 is 0 Å². The first kappa shape index (κ1) is 22.2. The lowest BCUT2D eigenvalue weighted by Crippen LogP contribution is -1.89. The third-order valence-electron chi connectivity index (χ3n) is 7.56. The molecular weight excluding hydrogens is 492 g/mol. The van der Waals surface area contributed by atoms with Crippen molar-refractivity contribution in [1.29, 1.82) is 0 Å². The number of thiophene rings is 1. The molecule has 5 aromatic carbocycles. The molecule has 0 radical (unpaired) electrons. The number of hydrogen-bond donors (Lipinski definition) is 0. The minimum absolute atomic E-state index is 0.961. The third kappa shape index (κ3) is 3.63. The highest BCUT2D eigenvalue weighted by atomic mass is 32.1. The lowest BCUT2D eigenvalue weighted by Gasteiger charge is -2.11. The van der Waals surface area contributed by atoms with Crippen LogP contribution in [0, 0.1) is 0 Å². The zero-order valence-electron chi connectivity index (χ0n) is 21.0. The molecule has 0 aliphatic rings. The molecule has 0 saturated carbocycles. The van der Waals surface area contributed by atoms with E-state index >= 15 is 0 Å². The van der Waals surface area contributed by atoms with Crippen molar-refractivity contribution in [2.75, 3.05) is 0 Å². The molecule has 3 heterocycles. The normalized spacial score (nSPS) is 11.6. The fourth-order valence-electron chi connectivity index (χ4n) is 5.73. The Morgan fingerprint density at radius 3 is 2.10 bits per heavy atom. The number of pyridine rings is 2. The quantitative estimate of drug-likeness (QED) is 0.219. The van der Waals surface area contributed by atoms with E-state index in [1.54, 1.807) is 0 Å². The maximum absolute atomic E-state index is 4.72. The highest BCUT2D eigenvalue weighted by Crippen LogP contribution is 2.41. The van der Waals surface area contributed by atoms with Crippen LogP contribution < -0.4 is 0 Å². The maximum Gasteiger partial charge on any atom is 0.0802 e. The maximum atomic E-state index is 4.72. The van der Waals surface area contributed by atoms with Crippen LogP contribution in [0.4, 0.5) is 0 Å². The SMILES string of the molecule is c1cc(-c2cccc(-c3ccnc4ccc5cccnc5c34)c2)cc(-c2cccc3c2sc2ccccc23)c1. The van der Waals surface area contributed by atoms with Crippen molar-refractivity contribution in [1.82, 2.24) is 9.97 Å².